The fourth-order valence-corrected chi connectivity index (χ4v) is 5.20. The monoisotopic (exact) mass is 512 g/mol. The van der Waals surface area contributed by atoms with Crippen molar-refractivity contribution in [3.8, 4) is 0 Å². The van der Waals surface area contributed by atoms with Gasteiger partial charge in [0, 0.05) is 41.2 Å². The number of pyridine rings is 1. The van der Waals surface area contributed by atoms with E-state index in [2.05, 4.69) is 15.3 Å². The summed E-state index contributed by atoms with van der Waals surface area (Å²) < 4.78 is 14.5. The van der Waals surface area contributed by atoms with Gasteiger partial charge in [-0.25, -0.2) is 4.39 Å². The van der Waals surface area contributed by atoms with Gasteiger partial charge in [0.15, 0.2) is 0 Å². The van der Waals surface area contributed by atoms with Crippen LogP contribution in [0.3, 0.4) is 0 Å². The first-order chi connectivity index (χ1) is 18.4. The summed E-state index contributed by atoms with van der Waals surface area (Å²) >= 11 is 0. The first kappa shape index (κ1) is 25.3. The second-order valence-electron chi connectivity index (χ2n) is 9.71. The minimum atomic E-state index is -1.18. The van der Waals surface area contributed by atoms with E-state index in [0.717, 1.165) is 42.6 Å². The van der Waals surface area contributed by atoms with Gasteiger partial charge in [-0.15, -0.1) is 0 Å². The second kappa shape index (κ2) is 11.0. The van der Waals surface area contributed by atoms with E-state index < -0.39 is 29.5 Å². The highest BCUT2D eigenvalue weighted by Crippen LogP contribution is 2.32. The fraction of sp³-hybridized carbons (Fsp3) is 0.267. The van der Waals surface area contributed by atoms with Crippen LogP contribution in [0.2, 0.25) is 0 Å². The third kappa shape index (κ3) is 5.07. The number of Topliss-reactive ketones (excluding diaryl/α,β-unsaturated/α-hetero) is 1. The quantitative estimate of drug-likeness (QED) is 0.255. The molecule has 8 heteroatoms. The van der Waals surface area contributed by atoms with E-state index >= 15 is 0 Å². The smallest absolute Gasteiger partial charge is 0.300 e. The van der Waals surface area contributed by atoms with E-state index in [4.69, 9.17) is 0 Å². The predicted octanol–water partition coefficient (Wildman–Crippen LogP) is 5.42. The van der Waals surface area contributed by atoms with Crippen molar-refractivity contribution in [3.05, 3.63) is 95.7 Å². The molecule has 2 aromatic carbocycles. The number of hydrogen-bond acceptors (Lipinski definition) is 4. The predicted molar refractivity (Wildman–Crippen MR) is 143 cm³/mol. The summed E-state index contributed by atoms with van der Waals surface area (Å²) in [5.41, 5.74) is 2.24. The zero-order valence-electron chi connectivity index (χ0n) is 21.1. The molecule has 1 saturated carbocycles. The lowest BCUT2D eigenvalue weighted by Gasteiger charge is -2.33. The number of rotatable bonds is 7. The van der Waals surface area contributed by atoms with Crippen molar-refractivity contribution >= 4 is 34.2 Å². The number of carbonyl (C=O) groups excluding carboxylic acids is 3. The molecule has 2 aromatic heterocycles. The highest BCUT2D eigenvalue weighted by atomic mass is 19.1. The highest BCUT2D eigenvalue weighted by molar-refractivity contribution is 6.49. The molecule has 0 radical (unpaired) electrons. The summed E-state index contributed by atoms with van der Waals surface area (Å²) in [6.07, 6.45) is 9.39. The summed E-state index contributed by atoms with van der Waals surface area (Å²) in [4.78, 5) is 49.9. The van der Waals surface area contributed by atoms with Gasteiger partial charge in [0.05, 0.1) is 5.56 Å². The number of amides is 2. The summed E-state index contributed by atoms with van der Waals surface area (Å²) in [7, 11) is 0. The van der Waals surface area contributed by atoms with Crippen LogP contribution < -0.4 is 10.2 Å². The zero-order chi connectivity index (χ0) is 26.6. The first-order valence-electron chi connectivity index (χ1n) is 12.8. The number of nitrogens with one attached hydrogen (secondary N) is 2. The Hall–Kier alpha value is -4.33. The molecule has 4 aromatic rings. The number of aromatic amines is 1. The Labute approximate surface area is 220 Å². The van der Waals surface area contributed by atoms with Gasteiger partial charge in [-0.05, 0) is 55.2 Å². The molecule has 1 unspecified atom stereocenters. The third-order valence-corrected chi connectivity index (χ3v) is 7.17. The van der Waals surface area contributed by atoms with Crippen LogP contribution in [0.1, 0.15) is 59.6 Å². The van der Waals surface area contributed by atoms with Crippen molar-refractivity contribution in [1.82, 2.24) is 15.3 Å². The first-order valence-corrected chi connectivity index (χ1v) is 12.8. The number of halogens is 1. The lowest BCUT2D eigenvalue weighted by Crippen LogP contribution is -2.49. The molecule has 7 nitrogen and oxygen atoms in total. The molecule has 0 spiro atoms. The van der Waals surface area contributed by atoms with Gasteiger partial charge < -0.3 is 10.3 Å². The normalized spacial score (nSPS) is 14.7. The molecule has 1 fully saturated rings. The molecule has 194 valence electrons. The Morgan fingerprint density at radius 3 is 2.61 bits per heavy atom. The Bertz CT molecular complexity index is 1490. The van der Waals surface area contributed by atoms with Crippen molar-refractivity contribution in [2.45, 2.75) is 51.1 Å². The summed E-state index contributed by atoms with van der Waals surface area (Å²) in [5.74, 6) is -2.75. The van der Waals surface area contributed by atoms with Gasteiger partial charge in [-0.2, -0.15) is 0 Å². The minimum Gasteiger partial charge on any atom is -0.360 e. The number of benzene rings is 2. The van der Waals surface area contributed by atoms with E-state index in [1.807, 2.05) is 19.1 Å². The van der Waals surface area contributed by atoms with Gasteiger partial charge in [-0.1, -0.05) is 49.6 Å². The molecule has 0 saturated heterocycles. The van der Waals surface area contributed by atoms with Crippen molar-refractivity contribution in [1.29, 1.82) is 0 Å². The van der Waals surface area contributed by atoms with Crippen LogP contribution in [0.25, 0.3) is 10.9 Å². The number of nitrogens with zero attached hydrogens (tertiary/aromatic N) is 2. The number of fused-ring (bicyclic) bond motifs is 1. The lowest BCUT2D eigenvalue weighted by atomic mass is 9.93. The minimum absolute atomic E-state index is 0.0253. The van der Waals surface area contributed by atoms with Crippen LogP contribution in [0.15, 0.2) is 73.2 Å². The van der Waals surface area contributed by atoms with Gasteiger partial charge >= 0.3 is 0 Å². The van der Waals surface area contributed by atoms with Crippen LogP contribution in [-0.4, -0.2) is 33.6 Å². The van der Waals surface area contributed by atoms with Crippen molar-refractivity contribution in [2.75, 3.05) is 4.90 Å². The molecular formula is C30H29FN4O3. The molecule has 0 bridgehead atoms. The summed E-state index contributed by atoms with van der Waals surface area (Å²) in [6.45, 7) is 1.84. The molecule has 2 heterocycles. The molecule has 38 heavy (non-hydrogen) atoms. The van der Waals surface area contributed by atoms with Crippen LogP contribution in [0.4, 0.5) is 10.1 Å². The second-order valence-corrected chi connectivity index (χ2v) is 9.71. The van der Waals surface area contributed by atoms with Crippen LogP contribution in [0.5, 0.6) is 0 Å². The number of hydrogen-bond donors (Lipinski definition) is 2. The maximum absolute atomic E-state index is 14.5. The number of anilines is 1. The van der Waals surface area contributed by atoms with Crippen LogP contribution in [-0.2, 0) is 9.59 Å². The van der Waals surface area contributed by atoms with Gasteiger partial charge in [0.25, 0.3) is 11.7 Å². The average molecular weight is 513 g/mol. The lowest BCUT2D eigenvalue weighted by molar-refractivity contribution is -0.126. The zero-order valence-corrected chi connectivity index (χ0v) is 21.1. The maximum atomic E-state index is 14.5. The largest absolute Gasteiger partial charge is 0.360 e. The maximum Gasteiger partial charge on any atom is 0.300 e. The molecule has 0 aliphatic heterocycles. The Kier molecular flexibility index (Phi) is 7.31. The molecule has 1 aliphatic carbocycles. The SMILES string of the molecule is Cc1ccccc1C(C(=O)NC1CCCCC1)N(C(=O)C(=O)c1c[nH]c2ccncc12)c1cccc(F)c1. The van der Waals surface area contributed by atoms with Gasteiger partial charge in [-0.3, -0.25) is 24.3 Å². The van der Waals surface area contributed by atoms with E-state index in [0.29, 0.717) is 16.5 Å². The van der Waals surface area contributed by atoms with E-state index in [-0.39, 0.29) is 17.3 Å². The van der Waals surface area contributed by atoms with E-state index in [1.54, 1.807) is 24.4 Å². The van der Waals surface area contributed by atoms with Crippen LogP contribution in [0, 0.1) is 12.7 Å². The van der Waals surface area contributed by atoms with Crippen LogP contribution >= 0.6 is 0 Å². The third-order valence-electron chi connectivity index (χ3n) is 7.17. The van der Waals surface area contributed by atoms with Crippen molar-refractivity contribution in [2.24, 2.45) is 0 Å². The van der Waals surface area contributed by atoms with Crippen molar-refractivity contribution < 1.29 is 18.8 Å². The standard InChI is InChI=1S/C30H29FN4O3/c1-19-8-5-6-13-23(19)27(29(37)34-21-10-3-2-4-11-21)35(22-12-7-9-20(31)16-22)30(38)28(36)25-18-33-26-14-15-32-17-24(25)26/h5-9,12-18,21,27,33H,2-4,10-11H2,1H3,(H,34,37). The molecule has 1 atom stereocenters. The molecular weight excluding hydrogens is 483 g/mol. The number of ketones is 1. The number of H-pyrrole nitrogens is 1. The van der Waals surface area contributed by atoms with Crippen molar-refractivity contribution in [3.63, 3.8) is 0 Å². The number of carbonyl (C=O) groups is 3. The van der Waals surface area contributed by atoms with Gasteiger partial charge in [0.1, 0.15) is 11.9 Å². The molecule has 1 aliphatic rings. The topological polar surface area (TPSA) is 95.2 Å². The number of aromatic nitrogens is 2. The number of aryl methyl sites for hydroxylation is 1. The molecule has 5 rings (SSSR count). The summed E-state index contributed by atoms with van der Waals surface area (Å²) in [6, 6.07) is 13.1. The van der Waals surface area contributed by atoms with E-state index in [9.17, 15) is 18.8 Å². The molecule has 2 amide bonds. The Morgan fingerprint density at radius 2 is 1.84 bits per heavy atom. The van der Waals surface area contributed by atoms with Gasteiger partial charge in [0.2, 0.25) is 5.91 Å². The Balaban J connectivity index is 1.62. The average Bonchev–Trinajstić information content (AvgIpc) is 3.36. The Morgan fingerprint density at radius 1 is 1.05 bits per heavy atom. The fourth-order valence-electron chi connectivity index (χ4n) is 5.20. The molecule has 2 N–H and O–H groups in total. The summed E-state index contributed by atoms with van der Waals surface area (Å²) in [5, 5.41) is 3.60. The van der Waals surface area contributed by atoms with E-state index in [1.165, 1.54) is 36.7 Å². The highest BCUT2D eigenvalue weighted by Gasteiger charge is 2.38.